The Bertz CT molecular complexity index is 658. The summed E-state index contributed by atoms with van der Waals surface area (Å²) >= 11 is 0. The molecule has 3 rings (SSSR count). The molecule has 0 spiro atoms. The van der Waals surface area contributed by atoms with Crippen LogP contribution in [0.1, 0.15) is 44.4 Å². The predicted molar refractivity (Wildman–Crippen MR) is 84.4 cm³/mol. The summed E-state index contributed by atoms with van der Waals surface area (Å²) in [4.78, 5) is 11.5. The first-order valence-corrected chi connectivity index (χ1v) is 9.42. The van der Waals surface area contributed by atoms with E-state index in [2.05, 4.69) is 0 Å². The molecule has 2 aliphatic rings. The molecule has 7 nitrogen and oxygen atoms in total. The van der Waals surface area contributed by atoms with E-state index in [0.29, 0.717) is 25.1 Å². The van der Waals surface area contributed by atoms with Crippen LogP contribution >= 0.6 is 0 Å². The lowest BCUT2D eigenvalue weighted by Gasteiger charge is -2.39. The number of nitrogens with zero attached hydrogens (tertiary/aromatic N) is 2. The molecule has 1 aromatic rings. The largest absolute Gasteiger partial charge is 0.468 e. The molecule has 2 saturated heterocycles. The van der Waals surface area contributed by atoms with Gasteiger partial charge in [-0.2, -0.15) is 17.0 Å². The van der Waals surface area contributed by atoms with E-state index in [4.69, 9.17) is 10.2 Å². The molecule has 0 aliphatic carbocycles. The first-order chi connectivity index (χ1) is 10.9. The second kappa shape index (κ2) is 6.26. The molecule has 3 unspecified atom stereocenters. The van der Waals surface area contributed by atoms with E-state index >= 15 is 0 Å². The summed E-state index contributed by atoms with van der Waals surface area (Å²) in [6.07, 6.45) is 4.39. The van der Waals surface area contributed by atoms with Crippen molar-refractivity contribution in [1.29, 1.82) is 0 Å². The molecule has 2 fully saturated rings. The van der Waals surface area contributed by atoms with Gasteiger partial charge in [0, 0.05) is 19.1 Å². The highest BCUT2D eigenvalue weighted by Crippen LogP contribution is 2.37. The number of furan rings is 1. The molecule has 0 radical (unpaired) electrons. The van der Waals surface area contributed by atoms with E-state index in [9.17, 15) is 13.2 Å². The summed E-state index contributed by atoms with van der Waals surface area (Å²) in [5.41, 5.74) is 5.39. The van der Waals surface area contributed by atoms with Crippen LogP contribution in [0.3, 0.4) is 0 Å². The fourth-order valence-corrected chi connectivity index (χ4v) is 5.63. The Hall–Kier alpha value is -1.38. The van der Waals surface area contributed by atoms with E-state index in [-0.39, 0.29) is 18.6 Å². The summed E-state index contributed by atoms with van der Waals surface area (Å²) in [6.45, 7) is 2.52. The van der Waals surface area contributed by atoms with Crippen molar-refractivity contribution >= 4 is 16.1 Å². The minimum Gasteiger partial charge on any atom is -0.468 e. The van der Waals surface area contributed by atoms with Crippen molar-refractivity contribution in [3.05, 3.63) is 24.2 Å². The smallest absolute Gasteiger partial charge is 0.282 e. The Morgan fingerprint density at radius 3 is 2.74 bits per heavy atom. The zero-order valence-corrected chi connectivity index (χ0v) is 14.0. The third kappa shape index (κ3) is 3.02. The number of carbonyl (C=O) groups is 1. The fraction of sp³-hybridized carbons (Fsp3) is 0.667. The minimum atomic E-state index is -3.65. The van der Waals surface area contributed by atoms with Crippen molar-refractivity contribution in [2.75, 3.05) is 13.1 Å². The number of hydrogen-bond donors (Lipinski definition) is 1. The van der Waals surface area contributed by atoms with Gasteiger partial charge in [-0.3, -0.25) is 4.79 Å². The highest BCUT2D eigenvalue weighted by Gasteiger charge is 2.44. The average molecular weight is 341 g/mol. The molecular formula is C15H23N3O4S. The van der Waals surface area contributed by atoms with E-state index in [1.807, 2.05) is 13.0 Å². The number of rotatable bonds is 4. The lowest BCUT2D eigenvalue weighted by atomic mass is 9.95. The van der Waals surface area contributed by atoms with Gasteiger partial charge in [0.25, 0.3) is 10.2 Å². The monoisotopic (exact) mass is 341 g/mol. The zero-order valence-electron chi connectivity index (χ0n) is 13.2. The molecule has 0 saturated carbocycles. The van der Waals surface area contributed by atoms with E-state index < -0.39 is 22.0 Å². The van der Waals surface area contributed by atoms with Crippen LogP contribution in [0.5, 0.6) is 0 Å². The Labute approximate surface area is 136 Å². The van der Waals surface area contributed by atoms with Crippen molar-refractivity contribution in [3.8, 4) is 0 Å². The van der Waals surface area contributed by atoms with Crippen molar-refractivity contribution in [1.82, 2.24) is 8.61 Å². The van der Waals surface area contributed by atoms with Crippen LogP contribution in [0.15, 0.2) is 22.8 Å². The molecule has 23 heavy (non-hydrogen) atoms. The van der Waals surface area contributed by atoms with E-state index in [1.54, 1.807) is 12.3 Å². The summed E-state index contributed by atoms with van der Waals surface area (Å²) < 4.78 is 34.6. The van der Waals surface area contributed by atoms with Crippen LogP contribution in [0, 0.1) is 5.92 Å². The van der Waals surface area contributed by atoms with Gasteiger partial charge in [0.2, 0.25) is 5.91 Å². The Balaban J connectivity index is 1.86. The Morgan fingerprint density at radius 1 is 1.30 bits per heavy atom. The minimum absolute atomic E-state index is 0.131. The standard InChI is InChI=1S/C15H23N3O4S/c1-11-6-7-12(15(16)19)10-18(11)23(20,21)17-8-2-4-13(17)14-5-3-9-22-14/h3,5,9,11-13H,2,4,6-8,10H2,1H3,(H2,16,19). The van der Waals surface area contributed by atoms with Crippen LogP contribution in [-0.4, -0.2) is 42.1 Å². The SMILES string of the molecule is CC1CCC(C(N)=O)CN1S(=O)(=O)N1CCCC1c1ccco1. The van der Waals surface area contributed by atoms with Gasteiger partial charge in [0.1, 0.15) is 5.76 Å². The van der Waals surface area contributed by atoms with Crippen LogP contribution in [-0.2, 0) is 15.0 Å². The van der Waals surface area contributed by atoms with Gasteiger partial charge in [-0.1, -0.05) is 0 Å². The quantitative estimate of drug-likeness (QED) is 0.891. The number of hydrogen-bond acceptors (Lipinski definition) is 4. The van der Waals surface area contributed by atoms with Gasteiger partial charge in [0.05, 0.1) is 18.2 Å². The molecule has 3 heterocycles. The second-order valence-electron chi connectivity index (χ2n) is 6.39. The normalized spacial score (nSPS) is 30.6. The molecule has 0 bridgehead atoms. The molecule has 128 valence electrons. The van der Waals surface area contributed by atoms with Crippen molar-refractivity contribution in [2.24, 2.45) is 11.7 Å². The maximum atomic E-state index is 13.1. The summed E-state index contributed by atoms with van der Waals surface area (Å²) in [7, 11) is -3.65. The van der Waals surface area contributed by atoms with Crippen LogP contribution in [0.25, 0.3) is 0 Å². The lowest BCUT2D eigenvalue weighted by molar-refractivity contribution is -0.123. The molecule has 3 atom stereocenters. The van der Waals surface area contributed by atoms with Crippen molar-refractivity contribution < 1.29 is 17.6 Å². The predicted octanol–water partition coefficient (Wildman–Crippen LogP) is 1.25. The van der Waals surface area contributed by atoms with Crippen LogP contribution in [0.4, 0.5) is 0 Å². The highest BCUT2D eigenvalue weighted by atomic mass is 32.2. The Kier molecular flexibility index (Phi) is 4.48. The van der Waals surface area contributed by atoms with Gasteiger partial charge in [-0.15, -0.1) is 0 Å². The third-order valence-corrected chi connectivity index (χ3v) is 7.03. The highest BCUT2D eigenvalue weighted by molar-refractivity contribution is 7.86. The first-order valence-electron chi connectivity index (χ1n) is 8.02. The van der Waals surface area contributed by atoms with Gasteiger partial charge < -0.3 is 10.2 Å². The third-order valence-electron chi connectivity index (χ3n) is 4.90. The van der Waals surface area contributed by atoms with Crippen LogP contribution in [0.2, 0.25) is 0 Å². The maximum Gasteiger partial charge on any atom is 0.282 e. The number of amides is 1. The molecule has 2 N–H and O–H groups in total. The van der Waals surface area contributed by atoms with Gasteiger partial charge in [0.15, 0.2) is 0 Å². The van der Waals surface area contributed by atoms with Crippen molar-refractivity contribution in [3.63, 3.8) is 0 Å². The number of primary amides is 1. The molecule has 0 aromatic carbocycles. The van der Waals surface area contributed by atoms with E-state index in [0.717, 1.165) is 12.8 Å². The van der Waals surface area contributed by atoms with Crippen molar-refractivity contribution in [2.45, 2.75) is 44.7 Å². The number of carbonyl (C=O) groups excluding carboxylic acids is 1. The van der Waals surface area contributed by atoms with Gasteiger partial charge >= 0.3 is 0 Å². The number of piperidine rings is 1. The molecular weight excluding hydrogens is 318 g/mol. The summed E-state index contributed by atoms with van der Waals surface area (Å²) in [6, 6.07) is 3.18. The summed E-state index contributed by atoms with van der Waals surface area (Å²) in [5.74, 6) is -0.172. The second-order valence-corrected chi connectivity index (χ2v) is 8.22. The van der Waals surface area contributed by atoms with Crippen LogP contribution < -0.4 is 5.73 Å². The fourth-order valence-electron chi connectivity index (χ4n) is 3.54. The topological polar surface area (TPSA) is 96.8 Å². The first kappa shape index (κ1) is 16.5. The van der Waals surface area contributed by atoms with Gasteiger partial charge in [-0.25, -0.2) is 0 Å². The molecule has 1 amide bonds. The lowest BCUT2D eigenvalue weighted by Crippen LogP contribution is -2.53. The molecule has 1 aromatic heterocycles. The average Bonchev–Trinajstić information content (AvgIpc) is 3.18. The summed E-state index contributed by atoms with van der Waals surface area (Å²) in [5, 5.41) is 0. The number of nitrogens with two attached hydrogens (primary N) is 1. The van der Waals surface area contributed by atoms with E-state index in [1.165, 1.54) is 8.61 Å². The maximum absolute atomic E-state index is 13.1. The molecule has 8 heteroatoms. The zero-order chi connectivity index (χ0) is 16.6. The Morgan fingerprint density at radius 2 is 2.09 bits per heavy atom. The molecule has 2 aliphatic heterocycles. The van der Waals surface area contributed by atoms with Gasteiger partial charge in [-0.05, 0) is 44.7 Å².